The summed E-state index contributed by atoms with van der Waals surface area (Å²) in [7, 11) is 0. The number of hydrogen-bond donors (Lipinski definition) is 1. The number of anilines is 1. The van der Waals surface area contributed by atoms with Crippen molar-refractivity contribution in [3.8, 4) is 0 Å². The van der Waals surface area contributed by atoms with Gasteiger partial charge in [0.15, 0.2) is 0 Å². The summed E-state index contributed by atoms with van der Waals surface area (Å²) in [6.45, 7) is 11.3. The first-order valence-corrected chi connectivity index (χ1v) is 7.15. The monoisotopic (exact) mass is 282 g/mol. The van der Waals surface area contributed by atoms with E-state index in [-0.39, 0.29) is 5.54 Å². The molecule has 0 saturated carbocycles. The van der Waals surface area contributed by atoms with Crippen LogP contribution >= 0.6 is 11.6 Å². The third-order valence-electron chi connectivity index (χ3n) is 3.65. The molecule has 0 spiro atoms. The predicted molar refractivity (Wildman–Crippen MR) is 80.7 cm³/mol. The van der Waals surface area contributed by atoms with Gasteiger partial charge in [0.05, 0.1) is 10.7 Å². The highest BCUT2D eigenvalue weighted by Crippen LogP contribution is 2.22. The minimum absolute atomic E-state index is 0.238. The Balaban J connectivity index is 2.05. The molecule has 1 aliphatic rings. The molecule has 0 amide bonds. The molecule has 1 aromatic heterocycles. The SMILES string of the molecule is CC(C)(C)N1CCN(c2ccc(Cl)c(CN)n2)CC1. The van der Waals surface area contributed by atoms with E-state index in [9.17, 15) is 0 Å². The summed E-state index contributed by atoms with van der Waals surface area (Å²) in [5.41, 5.74) is 6.67. The smallest absolute Gasteiger partial charge is 0.129 e. The fourth-order valence-corrected chi connectivity index (χ4v) is 2.58. The van der Waals surface area contributed by atoms with Gasteiger partial charge in [-0.05, 0) is 32.9 Å². The summed E-state index contributed by atoms with van der Waals surface area (Å²) in [5, 5.41) is 0.652. The highest BCUT2D eigenvalue weighted by molar-refractivity contribution is 6.31. The predicted octanol–water partition coefficient (Wildman–Crippen LogP) is 2.11. The minimum Gasteiger partial charge on any atom is -0.354 e. The molecule has 2 heterocycles. The van der Waals surface area contributed by atoms with Crippen LogP contribution in [0, 0.1) is 0 Å². The van der Waals surface area contributed by atoms with E-state index in [1.54, 1.807) is 0 Å². The quantitative estimate of drug-likeness (QED) is 0.902. The van der Waals surface area contributed by atoms with Gasteiger partial charge in [0.2, 0.25) is 0 Å². The topological polar surface area (TPSA) is 45.4 Å². The summed E-state index contributed by atoms with van der Waals surface area (Å²) in [6.07, 6.45) is 0. The van der Waals surface area contributed by atoms with Crippen LogP contribution in [0.4, 0.5) is 5.82 Å². The van der Waals surface area contributed by atoms with Crippen LogP contribution in [0.5, 0.6) is 0 Å². The molecule has 1 fully saturated rings. The number of aromatic nitrogens is 1. The van der Waals surface area contributed by atoms with Crippen molar-refractivity contribution in [1.82, 2.24) is 9.88 Å². The first kappa shape index (κ1) is 14.6. The van der Waals surface area contributed by atoms with Crippen LogP contribution in [-0.4, -0.2) is 41.6 Å². The zero-order valence-corrected chi connectivity index (χ0v) is 12.7. The molecule has 1 aromatic rings. The molecule has 0 bridgehead atoms. The van der Waals surface area contributed by atoms with E-state index < -0.39 is 0 Å². The lowest BCUT2D eigenvalue weighted by atomic mass is 10.1. The van der Waals surface area contributed by atoms with Gasteiger partial charge in [0.1, 0.15) is 5.82 Å². The van der Waals surface area contributed by atoms with Crippen LogP contribution < -0.4 is 10.6 Å². The molecule has 1 aliphatic heterocycles. The highest BCUT2D eigenvalue weighted by Gasteiger charge is 2.26. The van der Waals surface area contributed by atoms with Crippen molar-refractivity contribution in [2.75, 3.05) is 31.1 Å². The van der Waals surface area contributed by atoms with Gasteiger partial charge in [0, 0.05) is 38.3 Å². The normalized spacial score (nSPS) is 17.8. The number of piperazine rings is 1. The first-order chi connectivity index (χ1) is 8.91. The van der Waals surface area contributed by atoms with Crippen molar-refractivity contribution in [2.45, 2.75) is 32.9 Å². The van der Waals surface area contributed by atoms with E-state index >= 15 is 0 Å². The van der Waals surface area contributed by atoms with E-state index in [1.165, 1.54) is 0 Å². The van der Waals surface area contributed by atoms with Crippen LogP contribution in [0.1, 0.15) is 26.5 Å². The van der Waals surface area contributed by atoms with Crippen LogP contribution in [0.3, 0.4) is 0 Å². The Morgan fingerprint density at radius 1 is 1.21 bits per heavy atom. The van der Waals surface area contributed by atoms with E-state index in [0.29, 0.717) is 11.6 Å². The van der Waals surface area contributed by atoms with Crippen LogP contribution in [0.25, 0.3) is 0 Å². The van der Waals surface area contributed by atoms with Crippen molar-refractivity contribution in [2.24, 2.45) is 5.73 Å². The number of nitrogens with zero attached hydrogens (tertiary/aromatic N) is 3. The average Bonchev–Trinajstić information content (AvgIpc) is 2.38. The lowest BCUT2D eigenvalue weighted by Gasteiger charge is -2.42. The number of hydrogen-bond acceptors (Lipinski definition) is 4. The summed E-state index contributed by atoms with van der Waals surface area (Å²) in [4.78, 5) is 9.36. The Hall–Kier alpha value is -0.840. The van der Waals surface area contributed by atoms with Crippen molar-refractivity contribution in [3.05, 3.63) is 22.8 Å². The van der Waals surface area contributed by atoms with Gasteiger partial charge < -0.3 is 10.6 Å². The highest BCUT2D eigenvalue weighted by atomic mass is 35.5. The molecule has 2 rings (SSSR count). The van der Waals surface area contributed by atoms with Crippen LogP contribution in [0.15, 0.2) is 12.1 Å². The van der Waals surface area contributed by atoms with E-state index in [2.05, 4.69) is 35.6 Å². The molecule has 0 radical (unpaired) electrons. The van der Waals surface area contributed by atoms with E-state index in [0.717, 1.165) is 37.7 Å². The number of pyridine rings is 1. The lowest BCUT2D eigenvalue weighted by molar-refractivity contribution is 0.128. The second kappa shape index (κ2) is 5.65. The summed E-state index contributed by atoms with van der Waals surface area (Å²) >= 11 is 6.05. The Labute approximate surface area is 120 Å². The zero-order valence-electron chi connectivity index (χ0n) is 12.0. The Kier molecular flexibility index (Phi) is 4.33. The molecule has 19 heavy (non-hydrogen) atoms. The van der Waals surface area contributed by atoms with Gasteiger partial charge >= 0.3 is 0 Å². The molecule has 0 atom stereocenters. The molecule has 0 aliphatic carbocycles. The first-order valence-electron chi connectivity index (χ1n) is 6.77. The fraction of sp³-hybridized carbons (Fsp3) is 0.643. The van der Waals surface area contributed by atoms with Crippen molar-refractivity contribution in [3.63, 3.8) is 0 Å². The van der Waals surface area contributed by atoms with Gasteiger partial charge in [-0.2, -0.15) is 0 Å². The molecule has 5 heteroatoms. The maximum Gasteiger partial charge on any atom is 0.129 e. The molecule has 2 N–H and O–H groups in total. The maximum absolute atomic E-state index is 6.05. The number of halogens is 1. The Morgan fingerprint density at radius 2 is 1.84 bits per heavy atom. The van der Waals surface area contributed by atoms with Crippen molar-refractivity contribution in [1.29, 1.82) is 0 Å². The lowest BCUT2D eigenvalue weighted by Crippen LogP contribution is -2.53. The fourth-order valence-electron chi connectivity index (χ4n) is 2.40. The molecule has 0 aromatic carbocycles. The zero-order chi connectivity index (χ0) is 14.0. The molecule has 106 valence electrons. The second-order valence-corrected chi connectivity index (χ2v) is 6.35. The van der Waals surface area contributed by atoms with E-state index in [4.69, 9.17) is 17.3 Å². The van der Waals surface area contributed by atoms with Gasteiger partial charge in [-0.15, -0.1) is 0 Å². The number of nitrogens with two attached hydrogens (primary N) is 1. The standard InChI is InChI=1S/C14H23ClN4/c1-14(2,3)19-8-6-18(7-9-19)13-5-4-11(15)12(10-16)17-13/h4-5H,6-10,16H2,1-3H3. The molecule has 1 saturated heterocycles. The third-order valence-corrected chi connectivity index (χ3v) is 3.99. The van der Waals surface area contributed by atoms with Crippen molar-refractivity contribution < 1.29 is 0 Å². The largest absolute Gasteiger partial charge is 0.354 e. The number of rotatable bonds is 2. The van der Waals surface area contributed by atoms with Gasteiger partial charge in [-0.25, -0.2) is 4.98 Å². The van der Waals surface area contributed by atoms with E-state index in [1.807, 2.05) is 12.1 Å². The molecule has 4 nitrogen and oxygen atoms in total. The van der Waals surface area contributed by atoms with Crippen LogP contribution in [-0.2, 0) is 6.54 Å². The average molecular weight is 283 g/mol. The van der Waals surface area contributed by atoms with Crippen molar-refractivity contribution >= 4 is 17.4 Å². The molecular formula is C14H23ClN4. The summed E-state index contributed by atoms with van der Waals surface area (Å²) in [6, 6.07) is 3.87. The summed E-state index contributed by atoms with van der Waals surface area (Å²) in [5.74, 6) is 0.985. The summed E-state index contributed by atoms with van der Waals surface area (Å²) < 4.78 is 0. The molecule has 0 unspecified atom stereocenters. The Morgan fingerprint density at radius 3 is 2.37 bits per heavy atom. The molecular weight excluding hydrogens is 260 g/mol. The van der Waals surface area contributed by atoms with Crippen LogP contribution in [0.2, 0.25) is 5.02 Å². The van der Waals surface area contributed by atoms with Gasteiger partial charge in [-0.1, -0.05) is 11.6 Å². The van der Waals surface area contributed by atoms with Gasteiger partial charge in [-0.3, -0.25) is 4.90 Å². The third kappa shape index (κ3) is 3.38. The second-order valence-electron chi connectivity index (χ2n) is 5.95. The maximum atomic E-state index is 6.05. The minimum atomic E-state index is 0.238. The Bertz CT molecular complexity index is 434. The van der Waals surface area contributed by atoms with Gasteiger partial charge in [0.25, 0.3) is 0 Å².